The zero-order chi connectivity index (χ0) is 20.0. The highest BCUT2D eigenvalue weighted by atomic mass is 32.2. The molecule has 6 nitrogen and oxygen atoms in total. The summed E-state index contributed by atoms with van der Waals surface area (Å²) in [4.78, 5) is 12.5. The molecule has 0 spiro atoms. The fraction of sp³-hybridized carbons (Fsp3) is 0.350. The van der Waals surface area contributed by atoms with Crippen LogP contribution in [0.3, 0.4) is 0 Å². The average molecular weight is 391 g/mol. The van der Waals surface area contributed by atoms with Gasteiger partial charge in [0.25, 0.3) is 5.91 Å². The van der Waals surface area contributed by atoms with E-state index in [0.717, 1.165) is 10.7 Å². The van der Waals surface area contributed by atoms with Crippen molar-refractivity contribution in [1.82, 2.24) is 4.31 Å². The van der Waals surface area contributed by atoms with E-state index < -0.39 is 10.0 Å². The van der Waals surface area contributed by atoms with Crippen molar-refractivity contribution in [1.29, 1.82) is 0 Å². The van der Waals surface area contributed by atoms with Gasteiger partial charge in [0.05, 0.1) is 4.90 Å². The molecule has 0 bridgehead atoms. The molecule has 2 aromatic rings. The Morgan fingerprint density at radius 2 is 1.81 bits per heavy atom. The fourth-order valence-electron chi connectivity index (χ4n) is 2.76. The molecule has 0 aromatic heterocycles. The minimum Gasteiger partial charge on any atom is -0.332 e. The zero-order valence-electron chi connectivity index (χ0n) is 16.3. The molecule has 0 fully saturated rings. The van der Waals surface area contributed by atoms with Crippen molar-refractivity contribution in [2.45, 2.75) is 31.2 Å². The molecule has 0 aliphatic carbocycles. The fourth-order valence-corrected chi connectivity index (χ4v) is 3.71. The van der Waals surface area contributed by atoms with Gasteiger partial charge in [0.1, 0.15) is 6.04 Å². The third-order valence-corrected chi connectivity index (χ3v) is 6.24. The molecule has 1 amide bonds. The average Bonchev–Trinajstić information content (AvgIpc) is 2.63. The number of nitrogens with one attached hydrogen (secondary N) is 1. The van der Waals surface area contributed by atoms with Crippen molar-refractivity contribution in [3.05, 3.63) is 59.7 Å². The predicted molar refractivity (Wildman–Crippen MR) is 107 cm³/mol. The highest BCUT2D eigenvalue weighted by molar-refractivity contribution is 7.89. The van der Waals surface area contributed by atoms with Crippen LogP contribution in [0.1, 0.15) is 30.5 Å². The highest BCUT2D eigenvalue weighted by Crippen LogP contribution is 2.18. The molecular weight excluding hydrogens is 362 g/mol. The number of sulfonamides is 1. The van der Waals surface area contributed by atoms with Crippen LogP contribution in [0.2, 0.25) is 0 Å². The van der Waals surface area contributed by atoms with Gasteiger partial charge in [-0.05, 0) is 25.1 Å². The Bertz CT molecular complexity index is 878. The first kappa shape index (κ1) is 21.1. The Morgan fingerprint density at radius 3 is 2.41 bits per heavy atom. The largest absolute Gasteiger partial charge is 0.332 e. The number of aryl methyl sites for hydroxylation is 1. The molecule has 146 valence electrons. The van der Waals surface area contributed by atoms with Gasteiger partial charge in [-0.3, -0.25) is 4.79 Å². The van der Waals surface area contributed by atoms with E-state index >= 15 is 0 Å². The maximum atomic E-state index is 12.3. The Balaban J connectivity index is 2.00. The van der Waals surface area contributed by atoms with Crippen LogP contribution in [0.5, 0.6) is 0 Å². The van der Waals surface area contributed by atoms with Crippen LogP contribution in [0.25, 0.3) is 0 Å². The van der Waals surface area contributed by atoms with Gasteiger partial charge in [0.2, 0.25) is 10.0 Å². The summed E-state index contributed by atoms with van der Waals surface area (Å²) in [6, 6.07) is 14.8. The summed E-state index contributed by atoms with van der Waals surface area (Å²) in [7, 11) is -0.575. The second-order valence-corrected chi connectivity index (χ2v) is 8.88. The van der Waals surface area contributed by atoms with Crippen molar-refractivity contribution >= 4 is 21.6 Å². The molecule has 7 heteroatoms. The number of hydrogen-bond acceptors (Lipinski definition) is 3. The standard InChI is InChI=1S/C20H27N3O3S/c1-5-19(16-11-9-15(2)10-12-16)21-14-20(24)22-17-7-6-8-18(13-17)27(25,26)23(3)4/h6-13,19,21H,5,14H2,1-4H3,(H,22,24)/p+1/t19-/m0/s1. The molecule has 0 unspecified atom stereocenters. The maximum absolute atomic E-state index is 12.3. The second-order valence-electron chi connectivity index (χ2n) is 6.73. The highest BCUT2D eigenvalue weighted by Gasteiger charge is 2.18. The number of hydrogen-bond donors (Lipinski definition) is 2. The van der Waals surface area contributed by atoms with E-state index in [4.69, 9.17) is 0 Å². The molecule has 3 N–H and O–H groups in total. The summed E-state index contributed by atoms with van der Waals surface area (Å²) in [5.74, 6) is -0.167. The van der Waals surface area contributed by atoms with Crippen LogP contribution in [-0.2, 0) is 14.8 Å². The first-order valence-corrected chi connectivity index (χ1v) is 10.4. The lowest BCUT2D eigenvalue weighted by Crippen LogP contribution is -2.87. The summed E-state index contributed by atoms with van der Waals surface area (Å²) >= 11 is 0. The van der Waals surface area contributed by atoms with Crippen LogP contribution in [-0.4, -0.2) is 39.3 Å². The molecule has 0 heterocycles. The van der Waals surface area contributed by atoms with Gasteiger partial charge in [-0.25, -0.2) is 12.7 Å². The quantitative estimate of drug-likeness (QED) is 0.722. The molecule has 0 radical (unpaired) electrons. The smallest absolute Gasteiger partial charge is 0.279 e. The van der Waals surface area contributed by atoms with E-state index in [1.807, 2.05) is 12.2 Å². The number of benzene rings is 2. The minimum absolute atomic E-state index is 0.153. The van der Waals surface area contributed by atoms with Crippen LogP contribution >= 0.6 is 0 Å². The normalized spacial score (nSPS) is 12.8. The molecule has 27 heavy (non-hydrogen) atoms. The van der Waals surface area contributed by atoms with E-state index in [0.29, 0.717) is 5.69 Å². The number of anilines is 1. The Kier molecular flexibility index (Phi) is 7.12. The summed E-state index contributed by atoms with van der Waals surface area (Å²) in [6.07, 6.45) is 0.910. The van der Waals surface area contributed by atoms with Gasteiger partial charge in [0.15, 0.2) is 6.54 Å². The van der Waals surface area contributed by atoms with E-state index in [1.54, 1.807) is 12.1 Å². The molecule has 2 rings (SSSR count). The van der Waals surface area contributed by atoms with Gasteiger partial charge in [-0.2, -0.15) is 0 Å². The van der Waals surface area contributed by atoms with Crippen molar-refractivity contribution < 1.29 is 18.5 Å². The third-order valence-electron chi connectivity index (χ3n) is 4.43. The van der Waals surface area contributed by atoms with Gasteiger partial charge in [-0.15, -0.1) is 0 Å². The van der Waals surface area contributed by atoms with Crippen molar-refractivity contribution in [2.75, 3.05) is 26.0 Å². The van der Waals surface area contributed by atoms with Crippen LogP contribution in [0.4, 0.5) is 5.69 Å². The number of carbonyl (C=O) groups excluding carboxylic acids is 1. The van der Waals surface area contributed by atoms with Gasteiger partial charge >= 0.3 is 0 Å². The molecule has 0 aliphatic heterocycles. The zero-order valence-corrected chi connectivity index (χ0v) is 17.1. The first-order chi connectivity index (χ1) is 12.7. The van der Waals surface area contributed by atoms with E-state index in [1.165, 1.54) is 37.4 Å². The Morgan fingerprint density at radius 1 is 1.15 bits per heavy atom. The molecule has 0 aliphatic rings. The van der Waals surface area contributed by atoms with Crippen molar-refractivity contribution in [3.63, 3.8) is 0 Å². The molecule has 0 saturated heterocycles. The predicted octanol–water partition coefficient (Wildman–Crippen LogP) is 1.90. The maximum Gasteiger partial charge on any atom is 0.279 e. The number of quaternary nitrogens is 1. The topological polar surface area (TPSA) is 83.1 Å². The van der Waals surface area contributed by atoms with Crippen LogP contribution in [0, 0.1) is 6.92 Å². The SMILES string of the molecule is CC[C@H]([NH2+]CC(=O)Nc1cccc(S(=O)(=O)N(C)C)c1)c1ccc(C)cc1. The van der Waals surface area contributed by atoms with Crippen LogP contribution < -0.4 is 10.6 Å². The van der Waals surface area contributed by atoms with E-state index in [-0.39, 0.29) is 23.4 Å². The van der Waals surface area contributed by atoms with E-state index in [9.17, 15) is 13.2 Å². The van der Waals surface area contributed by atoms with Gasteiger partial charge < -0.3 is 10.6 Å². The van der Waals surface area contributed by atoms with Crippen LogP contribution in [0.15, 0.2) is 53.4 Å². The van der Waals surface area contributed by atoms with Crippen molar-refractivity contribution in [3.8, 4) is 0 Å². The number of rotatable bonds is 8. The van der Waals surface area contributed by atoms with Crippen molar-refractivity contribution in [2.24, 2.45) is 0 Å². The third kappa shape index (κ3) is 5.63. The number of amides is 1. The van der Waals surface area contributed by atoms with E-state index in [2.05, 4.69) is 36.5 Å². The summed E-state index contributed by atoms with van der Waals surface area (Å²) in [6.45, 7) is 4.40. The number of nitrogens with zero attached hydrogens (tertiary/aromatic N) is 1. The lowest BCUT2D eigenvalue weighted by molar-refractivity contribution is -0.686. The number of carbonyl (C=O) groups is 1. The monoisotopic (exact) mass is 390 g/mol. The Hall–Kier alpha value is -2.22. The second kappa shape index (κ2) is 9.12. The van der Waals surface area contributed by atoms with Gasteiger partial charge in [-0.1, -0.05) is 42.8 Å². The first-order valence-electron chi connectivity index (χ1n) is 8.96. The summed E-state index contributed by atoms with van der Waals surface area (Å²) < 4.78 is 25.6. The molecular formula is C20H28N3O3S+. The molecule has 0 saturated carbocycles. The Labute approximate surface area is 161 Å². The lowest BCUT2D eigenvalue weighted by atomic mass is 10.0. The lowest BCUT2D eigenvalue weighted by Gasteiger charge is -2.15. The number of nitrogens with two attached hydrogens (primary N) is 1. The van der Waals surface area contributed by atoms with Gasteiger partial charge in [0, 0.05) is 31.8 Å². The molecule has 2 aromatic carbocycles. The molecule has 1 atom stereocenters. The minimum atomic E-state index is -3.53. The summed E-state index contributed by atoms with van der Waals surface area (Å²) in [5.41, 5.74) is 2.87. The summed E-state index contributed by atoms with van der Waals surface area (Å²) in [5, 5.41) is 4.78.